The highest BCUT2D eigenvalue weighted by Gasteiger charge is 2.45. The summed E-state index contributed by atoms with van der Waals surface area (Å²) in [6.07, 6.45) is 17.2. The maximum Gasteiger partial charge on any atom is 0.245 e. The van der Waals surface area contributed by atoms with Gasteiger partial charge in [-0.15, -0.1) is 26.3 Å². The average Bonchev–Trinajstić information content (AvgIpc) is 3.38. The fourth-order valence-corrected chi connectivity index (χ4v) is 5.71. The summed E-state index contributed by atoms with van der Waals surface area (Å²) in [5, 5.41) is 2.20. The minimum absolute atomic E-state index is 0. The van der Waals surface area contributed by atoms with Crippen molar-refractivity contribution >= 4 is 28.5 Å². The van der Waals surface area contributed by atoms with Gasteiger partial charge in [0.2, 0.25) is 12.0 Å². The molecule has 0 aromatic heterocycles. The summed E-state index contributed by atoms with van der Waals surface area (Å²) in [6.45, 7) is 23.1. The molecule has 0 amide bonds. The lowest BCUT2D eigenvalue weighted by atomic mass is 10.00. The molecular formula is C41H53ClN2O4. The normalized spacial score (nSPS) is 13.3. The lowest BCUT2D eigenvalue weighted by Crippen LogP contribution is -3.00. The Labute approximate surface area is 294 Å². The van der Waals surface area contributed by atoms with Crippen molar-refractivity contribution in [3.05, 3.63) is 99.2 Å². The molecule has 3 aromatic carbocycles. The molecule has 0 saturated heterocycles. The summed E-state index contributed by atoms with van der Waals surface area (Å²) in [5.74, 6) is 3.29. The van der Waals surface area contributed by atoms with Crippen LogP contribution in [0.25, 0.3) is 10.8 Å². The molecule has 0 spiro atoms. The minimum atomic E-state index is -0.301. The van der Waals surface area contributed by atoms with Crippen LogP contribution in [0.15, 0.2) is 99.2 Å². The van der Waals surface area contributed by atoms with E-state index in [4.69, 9.17) is 18.9 Å². The number of rotatable bonds is 22. The predicted molar refractivity (Wildman–Crippen MR) is 198 cm³/mol. The molecule has 6 nitrogen and oxygen atoms in total. The number of ether oxygens (including phenoxy) is 4. The van der Waals surface area contributed by atoms with E-state index in [-0.39, 0.29) is 17.9 Å². The number of anilines is 1. The molecular weight excluding hydrogens is 620 g/mol. The Morgan fingerprint density at radius 2 is 1.19 bits per heavy atom. The van der Waals surface area contributed by atoms with Crippen LogP contribution in [0.5, 0.6) is 23.0 Å². The number of unbranched alkanes of at least 4 members (excludes halogenated alkanes) is 4. The first-order valence-corrected chi connectivity index (χ1v) is 17.0. The summed E-state index contributed by atoms with van der Waals surface area (Å²) in [7, 11) is 0. The van der Waals surface area contributed by atoms with Crippen LogP contribution in [0.4, 0.5) is 11.4 Å². The van der Waals surface area contributed by atoms with E-state index in [1.54, 1.807) is 0 Å². The zero-order valence-electron chi connectivity index (χ0n) is 28.9. The molecule has 0 atom stereocenters. The largest absolute Gasteiger partial charge is 1.00 e. The molecule has 0 N–H and O–H groups in total. The third kappa shape index (κ3) is 10.2. The Bertz CT molecular complexity index is 1510. The Hall–Kier alpha value is -4.16. The summed E-state index contributed by atoms with van der Waals surface area (Å²) in [4.78, 5) is 2.34. The van der Waals surface area contributed by atoms with Crippen LogP contribution in [0, 0.1) is 0 Å². The van der Waals surface area contributed by atoms with Crippen molar-refractivity contribution in [1.82, 2.24) is 0 Å². The van der Waals surface area contributed by atoms with E-state index in [0.717, 1.165) is 96.5 Å². The van der Waals surface area contributed by atoms with Gasteiger partial charge in [0.15, 0.2) is 22.9 Å². The van der Waals surface area contributed by atoms with Gasteiger partial charge in [0.05, 0.1) is 26.4 Å². The van der Waals surface area contributed by atoms with Crippen LogP contribution in [0.3, 0.4) is 0 Å². The van der Waals surface area contributed by atoms with Crippen LogP contribution < -0.4 is 36.3 Å². The molecule has 0 radical (unpaired) electrons. The molecule has 0 bridgehead atoms. The fraction of sp³-hybridized carbons (Fsp3) is 0.390. The Kier molecular flexibility index (Phi) is 15.6. The van der Waals surface area contributed by atoms with Gasteiger partial charge in [-0.3, -0.25) is 0 Å². The molecule has 1 aliphatic heterocycles. The first-order valence-electron chi connectivity index (χ1n) is 17.0. The molecule has 0 saturated carbocycles. The highest BCUT2D eigenvalue weighted by Crippen LogP contribution is 2.45. The second-order valence-corrected chi connectivity index (χ2v) is 12.4. The number of halogens is 1. The van der Waals surface area contributed by atoms with E-state index in [0.29, 0.717) is 33.0 Å². The molecule has 0 aliphatic carbocycles. The molecule has 0 fully saturated rings. The quantitative estimate of drug-likeness (QED) is 0.0642. The third-order valence-corrected chi connectivity index (χ3v) is 8.13. The number of nitrogens with zero attached hydrogens (tertiary/aromatic N) is 2. The fourth-order valence-electron chi connectivity index (χ4n) is 5.71. The number of fused-ring (bicyclic) bond motifs is 1. The molecule has 48 heavy (non-hydrogen) atoms. The summed E-state index contributed by atoms with van der Waals surface area (Å²) < 4.78 is 27.7. The second-order valence-electron chi connectivity index (χ2n) is 12.4. The van der Waals surface area contributed by atoms with Gasteiger partial charge in [-0.25, -0.2) is 9.48 Å². The minimum Gasteiger partial charge on any atom is -1.00 e. The van der Waals surface area contributed by atoms with Crippen LogP contribution in [0.1, 0.15) is 65.2 Å². The molecule has 258 valence electrons. The van der Waals surface area contributed by atoms with Crippen molar-refractivity contribution in [2.24, 2.45) is 0 Å². The van der Waals surface area contributed by atoms with Gasteiger partial charge in [-0.05, 0) is 101 Å². The van der Waals surface area contributed by atoms with Crippen LogP contribution in [-0.2, 0) is 0 Å². The van der Waals surface area contributed by atoms with E-state index in [1.165, 1.54) is 0 Å². The van der Waals surface area contributed by atoms with Gasteiger partial charge in [-0.1, -0.05) is 42.5 Å². The Morgan fingerprint density at radius 1 is 0.688 bits per heavy atom. The van der Waals surface area contributed by atoms with Crippen molar-refractivity contribution in [3.63, 3.8) is 0 Å². The average molecular weight is 673 g/mol. The highest BCUT2D eigenvalue weighted by atomic mass is 35.5. The molecule has 1 heterocycles. The number of allylic oxidation sites excluding steroid dienone is 4. The van der Waals surface area contributed by atoms with Gasteiger partial charge < -0.3 is 31.4 Å². The maximum atomic E-state index is 6.50. The van der Waals surface area contributed by atoms with E-state index >= 15 is 0 Å². The van der Waals surface area contributed by atoms with Gasteiger partial charge in [0.25, 0.3) is 0 Å². The smallest absolute Gasteiger partial charge is 0.245 e. The maximum absolute atomic E-state index is 6.50. The molecule has 4 rings (SSSR count). The van der Waals surface area contributed by atoms with E-state index in [1.807, 2.05) is 48.6 Å². The summed E-state index contributed by atoms with van der Waals surface area (Å²) in [5.41, 5.74) is 1.65. The number of hydrogen-bond acceptors (Lipinski definition) is 5. The van der Waals surface area contributed by atoms with E-state index in [9.17, 15) is 0 Å². The van der Waals surface area contributed by atoms with E-state index < -0.39 is 0 Å². The topological polar surface area (TPSA) is 43.2 Å². The third-order valence-electron chi connectivity index (χ3n) is 8.13. The Morgan fingerprint density at radius 3 is 1.73 bits per heavy atom. The SMILES string of the molecule is C=CCCCOc1ccc2ccc(OCCCC=C)c(N3C=[N+](c4c(OCCCC=C)cccc4OCCCC=C)CC3(C)C)c2c1.[Cl-]. The highest BCUT2D eigenvalue weighted by molar-refractivity contribution is 6.03. The zero-order valence-corrected chi connectivity index (χ0v) is 29.7. The lowest BCUT2D eigenvalue weighted by Gasteiger charge is -2.26. The second kappa shape index (κ2) is 19.6. The first-order chi connectivity index (χ1) is 22.9. The van der Waals surface area contributed by atoms with Gasteiger partial charge in [-0.2, -0.15) is 0 Å². The van der Waals surface area contributed by atoms with Gasteiger partial charge in [0.1, 0.15) is 17.8 Å². The van der Waals surface area contributed by atoms with Crippen molar-refractivity contribution in [2.45, 2.75) is 70.8 Å². The summed E-state index contributed by atoms with van der Waals surface area (Å²) >= 11 is 0. The van der Waals surface area contributed by atoms with Crippen LogP contribution in [-0.4, -0.2) is 49.4 Å². The number of para-hydroxylation sites is 1. The zero-order chi connectivity index (χ0) is 33.5. The van der Waals surface area contributed by atoms with Gasteiger partial charge >= 0.3 is 0 Å². The van der Waals surface area contributed by atoms with Crippen molar-refractivity contribution in [1.29, 1.82) is 0 Å². The first kappa shape index (κ1) is 38.3. The van der Waals surface area contributed by atoms with Crippen molar-refractivity contribution < 1.29 is 35.9 Å². The molecule has 0 unspecified atom stereocenters. The van der Waals surface area contributed by atoms with E-state index in [2.05, 4.69) is 80.2 Å². The Balaban J connectivity index is 0.00000625. The molecule has 1 aliphatic rings. The monoisotopic (exact) mass is 672 g/mol. The van der Waals surface area contributed by atoms with Crippen LogP contribution >= 0.6 is 0 Å². The predicted octanol–water partition coefficient (Wildman–Crippen LogP) is 7.19. The van der Waals surface area contributed by atoms with Gasteiger partial charge in [0, 0.05) is 5.39 Å². The lowest BCUT2D eigenvalue weighted by molar-refractivity contribution is -0.434. The number of benzene rings is 3. The van der Waals surface area contributed by atoms with Crippen molar-refractivity contribution in [2.75, 3.05) is 37.9 Å². The standard InChI is InChI=1S/C41H53N2O4.ClH/c1-7-11-15-26-44-34-24-22-33-23-25-38(47-29-18-14-10-4)39(35(33)30-34)43-32-42(31-41(43,5)6)40-36(45-27-16-12-8-2)20-19-21-37(40)46-28-17-13-9-3;/h7-10,19-25,30,32H,1-4,11-18,26-29,31H2,5-6H3;1H/q+1;/p-1. The van der Waals surface area contributed by atoms with Crippen LogP contribution in [0.2, 0.25) is 0 Å². The number of hydrogen-bond donors (Lipinski definition) is 0. The molecule has 3 aromatic rings. The molecule has 7 heteroatoms. The van der Waals surface area contributed by atoms with Crippen molar-refractivity contribution in [3.8, 4) is 23.0 Å². The summed E-state index contributed by atoms with van der Waals surface area (Å²) in [6, 6.07) is 16.6.